The normalized spacial score (nSPS) is 11.9. The molecule has 0 aliphatic heterocycles. The van der Waals surface area contributed by atoms with Crippen LogP contribution in [0.25, 0.3) is 0 Å². The number of carbonyl (C=O) groups is 1. The third-order valence-corrected chi connectivity index (χ3v) is 4.64. The molecule has 0 fully saturated rings. The van der Waals surface area contributed by atoms with Crippen LogP contribution in [0.5, 0.6) is 0 Å². The topological polar surface area (TPSA) is 79.9 Å². The fraction of sp³-hybridized carbons (Fsp3) is 0.350. The average molecular weight is 371 g/mol. The summed E-state index contributed by atoms with van der Waals surface area (Å²) in [5.74, 6) is -0.311. The van der Waals surface area contributed by atoms with Gasteiger partial charge in [0.15, 0.2) is 0 Å². The molecule has 0 spiro atoms. The zero-order valence-corrected chi connectivity index (χ0v) is 16.4. The van der Waals surface area contributed by atoms with Gasteiger partial charge in [0, 0.05) is 42.5 Å². The molecule has 0 aliphatic rings. The number of anilines is 1. The second kappa shape index (κ2) is 8.64. The van der Waals surface area contributed by atoms with Gasteiger partial charge in [-0.2, -0.15) is 0 Å². The predicted molar refractivity (Wildman–Crippen MR) is 106 cm³/mol. The largest absolute Gasteiger partial charge is 0.378 e. The molecule has 7 heteroatoms. The average Bonchev–Trinajstić information content (AvgIpc) is 2.62. The molecule has 0 bridgehead atoms. The molecule has 144 valence electrons. The minimum Gasteiger partial charge on any atom is -0.378 e. The number of carbonyl (C=O) groups excluding carboxylic acids is 1. The minimum absolute atomic E-state index is 0.0447. The number of hydrogen-bond donors (Lipinski definition) is 2. The third kappa shape index (κ3) is 5.04. The molecule has 0 radical (unpaired) electrons. The molecule has 2 aromatic carbocycles. The molecule has 0 unspecified atom stereocenters. The van der Waals surface area contributed by atoms with Gasteiger partial charge in [0.1, 0.15) is 6.04 Å². The lowest BCUT2D eigenvalue weighted by Gasteiger charge is -2.23. The van der Waals surface area contributed by atoms with E-state index in [4.69, 9.17) is 0 Å². The number of nitrogens with zero attached hydrogens (tertiary/aromatic N) is 2. The van der Waals surface area contributed by atoms with Crippen LogP contribution in [-0.2, 0) is 0 Å². The molecular weight excluding hydrogens is 344 g/mol. The van der Waals surface area contributed by atoms with Gasteiger partial charge in [0.25, 0.3) is 11.6 Å². The van der Waals surface area contributed by atoms with E-state index < -0.39 is 4.92 Å². The first-order valence-electron chi connectivity index (χ1n) is 8.81. The van der Waals surface area contributed by atoms with Crippen LogP contribution in [-0.4, -0.2) is 45.6 Å². The molecule has 27 heavy (non-hydrogen) atoms. The smallest absolute Gasteiger partial charge is 0.273 e. The van der Waals surface area contributed by atoms with E-state index in [2.05, 4.69) is 29.6 Å². The van der Waals surface area contributed by atoms with Gasteiger partial charge in [-0.15, -0.1) is 0 Å². The van der Waals surface area contributed by atoms with Gasteiger partial charge >= 0.3 is 0 Å². The number of amides is 1. The van der Waals surface area contributed by atoms with E-state index in [-0.39, 0.29) is 17.6 Å². The standard InChI is InChI=1S/C20H26N4O3/c1-14-6-7-16(12-18(14)24(26)27)20(25)21-13-19(23(4)5)15-8-10-17(11-9-15)22(2)3/h6-12,19H,13H2,1-5H3,(H,21,25)/p+1/t19-/m1/s1. The first kappa shape index (κ1) is 20.4. The molecule has 0 heterocycles. The molecule has 2 rings (SSSR count). The van der Waals surface area contributed by atoms with Crippen molar-refractivity contribution in [2.75, 3.05) is 39.6 Å². The fourth-order valence-electron chi connectivity index (χ4n) is 2.90. The van der Waals surface area contributed by atoms with Crippen molar-refractivity contribution in [3.8, 4) is 0 Å². The number of nitro benzene ring substituents is 1. The van der Waals surface area contributed by atoms with Gasteiger partial charge in [0.2, 0.25) is 0 Å². The van der Waals surface area contributed by atoms with Crippen molar-refractivity contribution in [1.29, 1.82) is 0 Å². The fourth-order valence-corrected chi connectivity index (χ4v) is 2.90. The zero-order chi connectivity index (χ0) is 20.1. The van der Waals surface area contributed by atoms with Crippen LogP contribution in [0.2, 0.25) is 0 Å². The molecular formula is C20H27N4O3+. The van der Waals surface area contributed by atoms with E-state index in [1.165, 1.54) is 11.0 Å². The van der Waals surface area contributed by atoms with Crippen LogP contribution >= 0.6 is 0 Å². The summed E-state index contributed by atoms with van der Waals surface area (Å²) in [5, 5.41) is 14.0. The molecule has 7 nitrogen and oxygen atoms in total. The van der Waals surface area contributed by atoms with Crippen molar-refractivity contribution < 1.29 is 14.6 Å². The van der Waals surface area contributed by atoms with Crippen LogP contribution in [0.4, 0.5) is 11.4 Å². The maximum absolute atomic E-state index is 12.5. The van der Waals surface area contributed by atoms with Crippen LogP contribution < -0.4 is 15.1 Å². The molecule has 0 saturated carbocycles. The highest BCUT2D eigenvalue weighted by atomic mass is 16.6. The van der Waals surface area contributed by atoms with Crippen LogP contribution in [0.15, 0.2) is 42.5 Å². The Kier molecular flexibility index (Phi) is 6.52. The van der Waals surface area contributed by atoms with E-state index in [0.29, 0.717) is 17.7 Å². The molecule has 0 saturated heterocycles. The van der Waals surface area contributed by atoms with Crippen LogP contribution in [0.3, 0.4) is 0 Å². The van der Waals surface area contributed by atoms with E-state index in [9.17, 15) is 14.9 Å². The van der Waals surface area contributed by atoms with Crippen molar-refractivity contribution in [3.63, 3.8) is 0 Å². The quantitative estimate of drug-likeness (QED) is 0.572. The molecule has 2 aromatic rings. The predicted octanol–water partition coefficient (Wildman–Crippen LogP) is 1.58. The van der Waals surface area contributed by atoms with E-state index >= 15 is 0 Å². The Bertz CT molecular complexity index is 816. The van der Waals surface area contributed by atoms with E-state index in [1.807, 2.05) is 33.1 Å². The molecule has 0 aliphatic carbocycles. The van der Waals surface area contributed by atoms with E-state index in [1.54, 1.807) is 19.1 Å². The van der Waals surface area contributed by atoms with Gasteiger partial charge < -0.3 is 15.1 Å². The number of rotatable bonds is 7. The number of hydrogen-bond acceptors (Lipinski definition) is 4. The van der Waals surface area contributed by atoms with Crippen molar-refractivity contribution in [2.45, 2.75) is 13.0 Å². The summed E-state index contributed by atoms with van der Waals surface area (Å²) in [6, 6.07) is 12.8. The number of benzene rings is 2. The first-order chi connectivity index (χ1) is 12.7. The first-order valence-corrected chi connectivity index (χ1v) is 8.81. The summed E-state index contributed by atoms with van der Waals surface area (Å²) in [6.45, 7) is 2.09. The molecule has 0 aromatic heterocycles. The highest BCUT2D eigenvalue weighted by Gasteiger charge is 2.20. The Morgan fingerprint density at radius 1 is 1.19 bits per heavy atom. The van der Waals surface area contributed by atoms with Gasteiger partial charge in [-0.3, -0.25) is 14.9 Å². The summed E-state index contributed by atoms with van der Waals surface area (Å²) >= 11 is 0. The van der Waals surface area contributed by atoms with Crippen molar-refractivity contribution in [3.05, 3.63) is 69.3 Å². The Hall–Kier alpha value is -2.93. The number of quaternary nitrogens is 1. The van der Waals surface area contributed by atoms with Gasteiger partial charge in [-0.05, 0) is 25.1 Å². The highest BCUT2D eigenvalue weighted by molar-refractivity contribution is 5.95. The van der Waals surface area contributed by atoms with Crippen LogP contribution in [0.1, 0.15) is 27.5 Å². The Morgan fingerprint density at radius 2 is 1.81 bits per heavy atom. The van der Waals surface area contributed by atoms with Crippen molar-refractivity contribution in [1.82, 2.24) is 5.32 Å². The minimum atomic E-state index is -0.467. The lowest BCUT2D eigenvalue weighted by atomic mass is 10.0. The SMILES string of the molecule is Cc1ccc(C(=O)NC[C@H](c2ccc(N(C)C)cc2)[NH+](C)C)cc1[N+](=O)[O-]. The van der Waals surface area contributed by atoms with Gasteiger partial charge in [-0.25, -0.2) is 0 Å². The number of nitro groups is 1. The number of aryl methyl sites for hydroxylation is 1. The van der Waals surface area contributed by atoms with E-state index in [0.717, 1.165) is 11.3 Å². The number of likely N-dealkylation sites (N-methyl/N-ethyl adjacent to an activating group) is 1. The summed E-state index contributed by atoms with van der Waals surface area (Å²) in [6.07, 6.45) is 0. The lowest BCUT2D eigenvalue weighted by Crippen LogP contribution is -3.07. The number of nitrogens with one attached hydrogen (secondary N) is 2. The summed E-state index contributed by atoms with van der Waals surface area (Å²) < 4.78 is 0. The Balaban J connectivity index is 2.13. The summed E-state index contributed by atoms with van der Waals surface area (Å²) in [7, 11) is 8.05. The third-order valence-electron chi connectivity index (χ3n) is 4.64. The Labute approximate surface area is 159 Å². The molecule has 1 atom stereocenters. The summed E-state index contributed by atoms with van der Waals surface area (Å²) in [4.78, 5) is 26.3. The summed E-state index contributed by atoms with van der Waals surface area (Å²) in [5.41, 5.74) is 3.02. The zero-order valence-electron chi connectivity index (χ0n) is 16.4. The van der Waals surface area contributed by atoms with Crippen molar-refractivity contribution >= 4 is 17.3 Å². The Morgan fingerprint density at radius 3 is 2.33 bits per heavy atom. The maximum atomic E-state index is 12.5. The van der Waals surface area contributed by atoms with Gasteiger partial charge in [0.05, 0.1) is 25.6 Å². The molecule has 2 N–H and O–H groups in total. The maximum Gasteiger partial charge on any atom is 0.273 e. The van der Waals surface area contributed by atoms with Crippen LogP contribution in [0, 0.1) is 17.0 Å². The highest BCUT2D eigenvalue weighted by Crippen LogP contribution is 2.20. The van der Waals surface area contributed by atoms with Crippen molar-refractivity contribution in [2.24, 2.45) is 0 Å². The van der Waals surface area contributed by atoms with Gasteiger partial charge in [-0.1, -0.05) is 18.2 Å². The second-order valence-electron chi connectivity index (χ2n) is 7.08. The monoisotopic (exact) mass is 371 g/mol. The molecule has 1 amide bonds. The lowest BCUT2D eigenvalue weighted by molar-refractivity contribution is -0.890. The second-order valence-corrected chi connectivity index (χ2v) is 7.08.